The van der Waals surface area contributed by atoms with Gasteiger partial charge in [0.15, 0.2) is 0 Å². The van der Waals surface area contributed by atoms with Gasteiger partial charge in [0.2, 0.25) is 0 Å². The monoisotopic (exact) mass is 999 g/mol. The Morgan fingerprint density at radius 1 is 0.479 bits per heavy atom. The Labute approximate surface area is 450 Å². The Bertz CT molecular complexity index is 3100. The van der Waals surface area contributed by atoms with E-state index in [9.17, 15) is 13.0 Å². The molecule has 8 aromatic carbocycles. The maximum Gasteiger partial charge on any atom is 1.00 e. The Balaban J connectivity index is 0.00000656. The van der Waals surface area contributed by atoms with Crippen LogP contribution in [0.5, 0.6) is 23.0 Å². The van der Waals surface area contributed by atoms with E-state index in [1.165, 1.54) is 0 Å². The Kier molecular flexibility index (Phi) is 15.8. The molecular formula is C61H58N3NaO7S. The van der Waals surface area contributed by atoms with Gasteiger partial charge in [-0.05, 0) is 181 Å². The summed E-state index contributed by atoms with van der Waals surface area (Å²) in [4.78, 5) is 4.40. The predicted octanol–water partition coefficient (Wildman–Crippen LogP) is 12.0. The van der Waals surface area contributed by atoms with Crippen LogP contribution in [0, 0.1) is 5.92 Å². The number of hydrogen-bond donors (Lipinski definition) is 0. The standard InChI is InChI=1S/C61H59N3O7S.Na/c1-68-51-32-24-47(25-33-51)63(48-26-34-52(69-2)35-27-48)45-20-16-42(17-21-45)55-12-8-14-57-60(55)61-56(13-9-15-58(61)62(57)41-40-59(72(65,66)67)44-10-6-5-7-11-44)43-18-22-46(23-19-43)64(49-28-36-53(70-3)37-29-49)50-30-38-54(71-4)39-31-50;/h8-9,12-39,44,59H,5-7,10-11,40-41H2,1-4H3,(H,65,66,67);/q;+1/p-1. The number of nitrogens with zero attached hydrogens (tertiary/aromatic N) is 3. The molecule has 366 valence electrons. The average Bonchev–Trinajstić information content (AvgIpc) is 3.76. The molecule has 0 bridgehead atoms. The van der Waals surface area contributed by atoms with Crippen molar-refractivity contribution in [1.29, 1.82) is 0 Å². The molecule has 0 aliphatic heterocycles. The van der Waals surface area contributed by atoms with E-state index in [0.29, 0.717) is 6.54 Å². The molecule has 0 N–H and O–H groups in total. The van der Waals surface area contributed by atoms with Gasteiger partial charge in [-0.15, -0.1) is 0 Å². The van der Waals surface area contributed by atoms with Gasteiger partial charge in [-0.2, -0.15) is 0 Å². The molecule has 1 saturated carbocycles. The third-order valence-corrected chi connectivity index (χ3v) is 15.7. The normalized spacial score (nSPS) is 13.3. The maximum absolute atomic E-state index is 13.0. The second-order valence-electron chi connectivity index (χ2n) is 18.3. The van der Waals surface area contributed by atoms with Crippen LogP contribution in [-0.2, 0) is 16.7 Å². The van der Waals surface area contributed by atoms with Crippen LogP contribution in [0.15, 0.2) is 182 Å². The topological polar surface area (TPSA) is 106 Å². The third-order valence-electron chi connectivity index (χ3n) is 14.3. The minimum absolute atomic E-state index is 0. The molecule has 73 heavy (non-hydrogen) atoms. The smallest absolute Gasteiger partial charge is 0.748 e. The first kappa shape index (κ1) is 51.2. The van der Waals surface area contributed by atoms with Crippen LogP contribution in [0.1, 0.15) is 38.5 Å². The number of hydrogen-bond acceptors (Lipinski definition) is 9. The molecule has 1 atom stereocenters. The second-order valence-corrected chi connectivity index (χ2v) is 19.9. The minimum Gasteiger partial charge on any atom is -0.748 e. The number of benzene rings is 8. The summed E-state index contributed by atoms with van der Waals surface area (Å²) in [5.41, 5.74) is 11.9. The zero-order chi connectivity index (χ0) is 49.8. The first-order valence-corrected chi connectivity index (χ1v) is 26.0. The third kappa shape index (κ3) is 10.7. The van der Waals surface area contributed by atoms with E-state index in [1.807, 2.05) is 97.1 Å². The van der Waals surface area contributed by atoms with E-state index in [2.05, 4.69) is 99.3 Å². The van der Waals surface area contributed by atoms with E-state index in [1.54, 1.807) is 28.4 Å². The summed E-state index contributed by atoms with van der Waals surface area (Å²) in [5, 5.41) is 1.16. The number of methoxy groups -OCH3 is 4. The van der Waals surface area contributed by atoms with Gasteiger partial charge < -0.3 is 37.9 Å². The summed E-state index contributed by atoms with van der Waals surface area (Å²) in [6.45, 7) is 0.380. The van der Waals surface area contributed by atoms with Crippen molar-refractivity contribution < 1.29 is 61.5 Å². The Morgan fingerprint density at radius 2 is 0.795 bits per heavy atom. The van der Waals surface area contributed by atoms with E-state index < -0.39 is 15.4 Å². The van der Waals surface area contributed by atoms with Crippen molar-refractivity contribution in [2.24, 2.45) is 5.92 Å². The number of anilines is 6. The van der Waals surface area contributed by atoms with Crippen LogP contribution in [-0.4, -0.2) is 51.2 Å². The number of aryl methyl sites for hydroxylation is 1. The van der Waals surface area contributed by atoms with Crippen molar-refractivity contribution in [2.75, 3.05) is 38.2 Å². The van der Waals surface area contributed by atoms with Gasteiger partial charge in [-0.3, -0.25) is 0 Å². The molecule has 0 saturated heterocycles. The molecule has 0 amide bonds. The fourth-order valence-corrected chi connectivity index (χ4v) is 11.8. The van der Waals surface area contributed by atoms with Crippen molar-refractivity contribution >= 4 is 66.0 Å². The van der Waals surface area contributed by atoms with Gasteiger partial charge >= 0.3 is 29.6 Å². The van der Waals surface area contributed by atoms with Gasteiger partial charge in [-0.1, -0.05) is 67.8 Å². The molecule has 1 aliphatic carbocycles. The molecule has 0 spiro atoms. The molecule has 12 heteroatoms. The van der Waals surface area contributed by atoms with Gasteiger partial charge in [0, 0.05) is 62.5 Å². The molecule has 0 radical (unpaired) electrons. The second kappa shape index (κ2) is 22.6. The molecule has 1 heterocycles. The van der Waals surface area contributed by atoms with Gasteiger partial charge in [0.05, 0.1) is 43.8 Å². The van der Waals surface area contributed by atoms with Gasteiger partial charge in [0.25, 0.3) is 0 Å². The van der Waals surface area contributed by atoms with Crippen LogP contribution >= 0.6 is 0 Å². The van der Waals surface area contributed by atoms with Crippen LogP contribution in [0.4, 0.5) is 34.1 Å². The first-order chi connectivity index (χ1) is 35.1. The summed E-state index contributed by atoms with van der Waals surface area (Å²) < 4.78 is 63.3. The zero-order valence-corrected chi connectivity index (χ0v) is 44.8. The molecular weight excluding hydrogens is 942 g/mol. The molecule has 1 aromatic heterocycles. The van der Waals surface area contributed by atoms with E-state index in [0.717, 1.165) is 133 Å². The molecule has 1 fully saturated rings. The van der Waals surface area contributed by atoms with Crippen molar-refractivity contribution in [3.63, 3.8) is 0 Å². The summed E-state index contributed by atoms with van der Waals surface area (Å²) in [6, 6.07) is 62.1. The number of ether oxygens (including phenoxy) is 4. The summed E-state index contributed by atoms with van der Waals surface area (Å²) >= 11 is 0. The molecule has 10 rings (SSSR count). The average molecular weight is 1000 g/mol. The largest absolute Gasteiger partial charge is 1.00 e. The van der Waals surface area contributed by atoms with Crippen LogP contribution < -0.4 is 58.3 Å². The molecule has 10 nitrogen and oxygen atoms in total. The molecule has 9 aromatic rings. The zero-order valence-electron chi connectivity index (χ0n) is 42.0. The van der Waals surface area contributed by atoms with Crippen molar-refractivity contribution in [1.82, 2.24) is 4.57 Å². The van der Waals surface area contributed by atoms with Crippen molar-refractivity contribution in [3.05, 3.63) is 182 Å². The number of aromatic nitrogens is 1. The number of fused-ring (bicyclic) bond motifs is 3. The van der Waals surface area contributed by atoms with Crippen LogP contribution in [0.2, 0.25) is 0 Å². The van der Waals surface area contributed by atoms with E-state index in [-0.39, 0.29) is 41.9 Å². The maximum atomic E-state index is 13.0. The number of rotatable bonds is 17. The quantitative estimate of drug-likeness (QED) is 0.0651. The van der Waals surface area contributed by atoms with Gasteiger partial charge in [0.1, 0.15) is 23.0 Å². The van der Waals surface area contributed by atoms with Crippen molar-refractivity contribution in [3.8, 4) is 45.3 Å². The first-order valence-electron chi connectivity index (χ1n) is 24.5. The van der Waals surface area contributed by atoms with Crippen LogP contribution in [0.3, 0.4) is 0 Å². The fourth-order valence-electron chi connectivity index (χ4n) is 10.7. The van der Waals surface area contributed by atoms with Crippen molar-refractivity contribution in [2.45, 2.75) is 50.3 Å². The SMILES string of the molecule is COc1ccc(N(c2ccc(OC)cc2)c2ccc(-c3cccc4c3c3c(-c5ccc(N(c6ccc(OC)cc6)c6ccc(OC)cc6)cc5)cccc3n4CCC(C3CCCCC3)S(=O)(=O)[O-])cc2)cc1.[Na+]. The van der Waals surface area contributed by atoms with E-state index in [4.69, 9.17) is 18.9 Å². The van der Waals surface area contributed by atoms with E-state index >= 15 is 0 Å². The predicted molar refractivity (Wildman–Crippen MR) is 291 cm³/mol. The molecule has 1 aliphatic rings. The minimum atomic E-state index is -4.54. The molecule has 1 unspecified atom stereocenters. The summed E-state index contributed by atoms with van der Waals surface area (Å²) in [5.74, 6) is 2.96. The summed E-state index contributed by atoms with van der Waals surface area (Å²) in [7, 11) is 2.13. The summed E-state index contributed by atoms with van der Waals surface area (Å²) in [6.07, 6.45) is 4.75. The Morgan fingerprint density at radius 3 is 1.10 bits per heavy atom. The van der Waals surface area contributed by atoms with Gasteiger partial charge in [-0.25, -0.2) is 8.42 Å². The van der Waals surface area contributed by atoms with Crippen LogP contribution in [0.25, 0.3) is 44.1 Å². The Hall–Kier alpha value is -6.73. The fraction of sp³-hybridized carbons (Fsp3) is 0.213.